The second kappa shape index (κ2) is 9.16. The maximum atomic E-state index is 12.3. The van der Waals surface area contributed by atoms with E-state index in [1.54, 1.807) is 12.1 Å². The molecule has 1 heterocycles. The molecule has 0 bridgehead atoms. The van der Waals surface area contributed by atoms with E-state index in [1.807, 2.05) is 42.5 Å². The zero-order valence-corrected chi connectivity index (χ0v) is 15.4. The number of furan rings is 1. The number of benzene rings is 2. The lowest BCUT2D eigenvalue weighted by molar-refractivity contribution is -0.143. The van der Waals surface area contributed by atoms with Gasteiger partial charge in [-0.3, -0.25) is 9.59 Å². The molecule has 28 heavy (non-hydrogen) atoms. The minimum absolute atomic E-state index is 0.0417. The second-order valence-corrected chi connectivity index (χ2v) is 6.23. The summed E-state index contributed by atoms with van der Waals surface area (Å²) in [5.41, 5.74) is 2.13. The lowest BCUT2D eigenvalue weighted by atomic mass is 10.1. The van der Waals surface area contributed by atoms with Crippen LogP contribution in [-0.4, -0.2) is 43.5 Å². The van der Waals surface area contributed by atoms with Crippen LogP contribution in [0.25, 0.3) is 22.3 Å². The molecule has 2 aromatic carbocycles. The molecule has 1 atom stereocenters. The van der Waals surface area contributed by atoms with Crippen LogP contribution in [0, 0.1) is 0 Å². The first kappa shape index (κ1) is 19.6. The van der Waals surface area contributed by atoms with Crippen LogP contribution in [0.1, 0.15) is 16.8 Å². The average Bonchev–Trinajstić information content (AvgIpc) is 3.14. The van der Waals surface area contributed by atoms with Gasteiger partial charge < -0.3 is 24.3 Å². The van der Waals surface area contributed by atoms with Crippen molar-refractivity contribution >= 4 is 22.8 Å². The summed E-state index contributed by atoms with van der Waals surface area (Å²) < 4.78 is 15.9. The van der Waals surface area contributed by atoms with Crippen LogP contribution in [0.5, 0.6) is 0 Å². The van der Waals surface area contributed by atoms with Crippen LogP contribution in [0.4, 0.5) is 0 Å². The van der Waals surface area contributed by atoms with Gasteiger partial charge in [0.15, 0.2) is 0 Å². The van der Waals surface area contributed by atoms with E-state index in [-0.39, 0.29) is 25.7 Å². The monoisotopic (exact) mass is 383 g/mol. The summed E-state index contributed by atoms with van der Waals surface area (Å²) in [5.74, 6) is -0.597. The Labute approximate surface area is 161 Å². The Bertz CT molecular complexity index is 914. The van der Waals surface area contributed by atoms with E-state index in [1.165, 1.54) is 7.11 Å². The van der Waals surface area contributed by atoms with Crippen LogP contribution in [0.15, 0.2) is 59.0 Å². The molecule has 146 valence electrons. The van der Waals surface area contributed by atoms with Crippen molar-refractivity contribution in [3.05, 3.63) is 60.2 Å². The number of aliphatic carboxylic acids is 1. The number of methoxy groups -OCH3 is 1. The van der Waals surface area contributed by atoms with E-state index in [0.717, 1.165) is 22.3 Å². The van der Waals surface area contributed by atoms with Crippen LogP contribution in [-0.2, 0) is 14.3 Å². The number of amides is 1. The Morgan fingerprint density at radius 1 is 1.14 bits per heavy atom. The molecule has 0 radical (unpaired) electrons. The number of nitrogens with one attached hydrogen (secondary N) is 1. The van der Waals surface area contributed by atoms with Crippen molar-refractivity contribution in [1.82, 2.24) is 5.32 Å². The van der Waals surface area contributed by atoms with Gasteiger partial charge in [-0.15, -0.1) is 0 Å². The van der Waals surface area contributed by atoms with Crippen molar-refractivity contribution in [3.63, 3.8) is 0 Å². The van der Waals surface area contributed by atoms with Crippen molar-refractivity contribution in [3.8, 4) is 11.3 Å². The van der Waals surface area contributed by atoms with Gasteiger partial charge in [-0.05, 0) is 24.3 Å². The van der Waals surface area contributed by atoms with Crippen molar-refractivity contribution in [2.24, 2.45) is 0 Å². The van der Waals surface area contributed by atoms with Gasteiger partial charge in [0.05, 0.1) is 12.5 Å². The smallest absolute Gasteiger partial charge is 0.306 e. The van der Waals surface area contributed by atoms with Crippen LogP contribution < -0.4 is 5.32 Å². The Kier molecular flexibility index (Phi) is 6.41. The summed E-state index contributed by atoms with van der Waals surface area (Å²) in [7, 11) is 1.44. The third-order valence-corrected chi connectivity index (χ3v) is 4.17. The van der Waals surface area contributed by atoms with Gasteiger partial charge in [0.1, 0.15) is 18.1 Å². The van der Waals surface area contributed by atoms with E-state index in [4.69, 9.17) is 19.0 Å². The van der Waals surface area contributed by atoms with Crippen LogP contribution >= 0.6 is 0 Å². The van der Waals surface area contributed by atoms with Crippen molar-refractivity contribution in [2.45, 2.75) is 12.5 Å². The first-order valence-corrected chi connectivity index (χ1v) is 8.76. The van der Waals surface area contributed by atoms with Gasteiger partial charge in [-0.2, -0.15) is 0 Å². The molecule has 1 amide bonds. The largest absolute Gasteiger partial charge is 0.481 e. The van der Waals surface area contributed by atoms with E-state index < -0.39 is 12.1 Å². The maximum absolute atomic E-state index is 12.3. The molecule has 2 N–H and O–H groups in total. The maximum Gasteiger partial charge on any atom is 0.306 e. The van der Waals surface area contributed by atoms with E-state index in [9.17, 15) is 9.59 Å². The highest BCUT2D eigenvalue weighted by Crippen LogP contribution is 2.27. The fourth-order valence-corrected chi connectivity index (χ4v) is 2.77. The molecular formula is C21H21NO6. The first-order chi connectivity index (χ1) is 13.6. The van der Waals surface area contributed by atoms with Gasteiger partial charge in [-0.25, -0.2) is 0 Å². The predicted molar refractivity (Wildman–Crippen MR) is 103 cm³/mol. The molecule has 0 fully saturated rings. The molecule has 7 heteroatoms. The fourth-order valence-electron chi connectivity index (χ4n) is 2.77. The van der Waals surface area contributed by atoms with E-state index >= 15 is 0 Å². The zero-order valence-electron chi connectivity index (χ0n) is 15.4. The number of rotatable bonds is 9. The highest BCUT2D eigenvalue weighted by atomic mass is 16.7. The van der Waals surface area contributed by atoms with Gasteiger partial charge in [0, 0.05) is 30.2 Å². The zero-order chi connectivity index (χ0) is 19.9. The van der Waals surface area contributed by atoms with E-state index in [2.05, 4.69) is 5.32 Å². The molecule has 1 aromatic heterocycles. The minimum Gasteiger partial charge on any atom is -0.481 e. The number of carboxylic acids is 1. The lowest BCUT2D eigenvalue weighted by Gasteiger charge is -2.16. The normalized spacial score (nSPS) is 12.0. The second-order valence-electron chi connectivity index (χ2n) is 6.23. The summed E-state index contributed by atoms with van der Waals surface area (Å²) in [5, 5.41) is 12.6. The number of carbonyl (C=O) groups is 2. The van der Waals surface area contributed by atoms with Gasteiger partial charge >= 0.3 is 5.97 Å². The summed E-state index contributed by atoms with van der Waals surface area (Å²) in [4.78, 5) is 23.2. The Morgan fingerprint density at radius 3 is 2.57 bits per heavy atom. The Hall–Kier alpha value is -3.16. The van der Waals surface area contributed by atoms with Crippen LogP contribution in [0.3, 0.4) is 0 Å². The summed E-state index contributed by atoms with van der Waals surface area (Å²) in [6.45, 7) is 0.0276. The molecule has 0 spiro atoms. The highest BCUT2D eigenvalue weighted by Gasteiger charge is 2.16. The molecule has 7 nitrogen and oxygen atoms in total. The summed E-state index contributed by atoms with van der Waals surface area (Å²) in [6.07, 6.45) is -0.898. The SMILES string of the molecule is COCO[C@@H](CNC(=O)c1ccc(-c2cc3ccccc3o2)cc1)CC(=O)O. The number of hydrogen-bond donors (Lipinski definition) is 2. The first-order valence-electron chi connectivity index (χ1n) is 8.76. The Balaban J connectivity index is 1.63. The number of carboxylic acid groups (broad SMARTS) is 1. The molecule has 0 aliphatic carbocycles. The Morgan fingerprint density at radius 2 is 1.89 bits per heavy atom. The summed E-state index contributed by atoms with van der Waals surface area (Å²) in [6, 6.07) is 16.7. The molecule has 0 unspecified atom stereocenters. The highest BCUT2D eigenvalue weighted by molar-refractivity contribution is 5.94. The van der Waals surface area contributed by atoms with Gasteiger partial charge in [0.2, 0.25) is 0 Å². The average molecular weight is 383 g/mol. The predicted octanol–water partition coefficient (Wildman–Crippen LogP) is 3.29. The molecule has 3 rings (SSSR count). The number of carbonyl (C=O) groups excluding carboxylic acids is 1. The van der Waals surface area contributed by atoms with Crippen molar-refractivity contribution in [1.29, 1.82) is 0 Å². The molecule has 0 saturated carbocycles. The standard InChI is InChI=1S/C21H21NO6/c1-26-13-27-17(11-20(23)24)12-22-21(25)15-8-6-14(7-9-15)19-10-16-4-2-3-5-18(16)28-19/h2-10,17H,11-13H2,1H3,(H,22,25)(H,23,24)/t17-/m1/s1. The number of fused-ring (bicyclic) bond motifs is 1. The van der Waals surface area contributed by atoms with Crippen molar-refractivity contribution < 1.29 is 28.6 Å². The summed E-state index contributed by atoms with van der Waals surface area (Å²) >= 11 is 0. The number of para-hydroxylation sites is 1. The quantitative estimate of drug-likeness (QED) is 0.550. The fraction of sp³-hybridized carbons (Fsp3) is 0.238. The molecule has 0 saturated heterocycles. The topological polar surface area (TPSA) is 98.0 Å². The third kappa shape index (κ3) is 4.97. The molecule has 0 aliphatic heterocycles. The van der Waals surface area contributed by atoms with Crippen molar-refractivity contribution in [2.75, 3.05) is 20.4 Å². The number of hydrogen-bond acceptors (Lipinski definition) is 5. The van der Waals surface area contributed by atoms with E-state index in [0.29, 0.717) is 5.56 Å². The lowest BCUT2D eigenvalue weighted by Crippen LogP contribution is -2.35. The molecular weight excluding hydrogens is 362 g/mol. The third-order valence-electron chi connectivity index (χ3n) is 4.17. The number of ether oxygens (including phenoxy) is 2. The van der Waals surface area contributed by atoms with Crippen LogP contribution in [0.2, 0.25) is 0 Å². The van der Waals surface area contributed by atoms with Gasteiger partial charge in [-0.1, -0.05) is 30.3 Å². The molecule has 0 aliphatic rings. The molecule has 3 aromatic rings. The minimum atomic E-state index is -1.01. The van der Waals surface area contributed by atoms with Gasteiger partial charge in [0.25, 0.3) is 5.91 Å².